The Morgan fingerprint density at radius 3 is 2.94 bits per heavy atom. The second-order valence-corrected chi connectivity index (χ2v) is 5.40. The third-order valence-corrected chi connectivity index (χ3v) is 4.10. The highest BCUT2D eigenvalue weighted by Crippen LogP contribution is 2.45. The van der Waals surface area contributed by atoms with Gasteiger partial charge in [0.05, 0.1) is 5.01 Å². The SMILES string of the molecule is Cc1csc(CCNC(=O)C2(C(N)=NO)CC2)n1. The van der Waals surface area contributed by atoms with Crippen LogP contribution in [0.3, 0.4) is 0 Å². The van der Waals surface area contributed by atoms with Crippen molar-refractivity contribution in [2.45, 2.75) is 26.2 Å². The highest BCUT2D eigenvalue weighted by Gasteiger charge is 2.54. The number of nitrogens with zero attached hydrogens (tertiary/aromatic N) is 2. The first-order valence-corrected chi connectivity index (χ1v) is 6.64. The molecule has 1 heterocycles. The number of nitrogens with one attached hydrogen (secondary N) is 1. The van der Waals surface area contributed by atoms with E-state index in [1.165, 1.54) is 0 Å². The molecule has 98 valence electrons. The Bertz CT molecular complexity index is 479. The van der Waals surface area contributed by atoms with Crippen molar-refractivity contribution in [3.63, 3.8) is 0 Å². The molecule has 1 fully saturated rings. The summed E-state index contributed by atoms with van der Waals surface area (Å²) in [7, 11) is 0. The van der Waals surface area contributed by atoms with Gasteiger partial charge >= 0.3 is 0 Å². The van der Waals surface area contributed by atoms with Gasteiger partial charge in [0.1, 0.15) is 5.41 Å². The van der Waals surface area contributed by atoms with Crippen molar-refractivity contribution in [3.05, 3.63) is 16.1 Å². The maximum atomic E-state index is 11.9. The van der Waals surface area contributed by atoms with Crippen LogP contribution in [0, 0.1) is 12.3 Å². The topological polar surface area (TPSA) is 101 Å². The molecule has 0 spiro atoms. The van der Waals surface area contributed by atoms with Gasteiger partial charge in [0, 0.05) is 24.0 Å². The minimum atomic E-state index is -0.770. The Kier molecular flexibility index (Phi) is 3.51. The molecular formula is C11H16N4O2S. The lowest BCUT2D eigenvalue weighted by Gasteiger charge is -2.12. The van der Waals surface area contributed by atoms with E-state index in [9.17, 15) is 4.79 Å². The van der Waals surface area contributed by atoms with E-state index in [4.69, 9.17) is 10.9 Å². The highest BCUT2D eigenvalue weighted by molar-refractivity contribution is 7.09. The molecule has 1 aromatic rings. The van der Waals surface area contributed by atoms with Crippen LogP contribution >= 0.6 is 11.3 Å². The molecule has 2 rings (SSSR count). The minimum Gasteiger partial charge on any atom is -0.409 e. The van der Waals surface area contributed by atoms with Crippen molar-refractivity contribution < 1.29 is 10.0 Å². The van der Waals surface area contributed by atoms with E-state index in [1.807, 2.05) is 12.3 Å². The number of amidine groups is 1. The molecule has 0 unspecified atom stereocenters. The quantitative estimate of drug-likeness (QED) is 0.316. The first kappa shape index (κ1) is 12.8. The molecule has 1 amide bonds. The van der Waals surface area contributed by atoms with Gasteiger partial charge in [-0.3, -0.25) is 4.79 Å². The molecule has 1 aliphatic rings. The standard InChI is InChI=1S/C11H16N4O2S/c1-7-6-18-8(14-7)2-5-13-10(16)11(3-4-11)9(12)15-17/h6,17H,2-5H2,1H3,(H2,12,15)(H,13,16). The van der Waals surface area contributed by atoms with Crippen LogP contribution in [0.25, 0.3) is 0 Å². The van der Waals surface area contributed by atoms with Crippen LogP contribution in [0.5, 0.6) is 0 Å². The molecular weight excluding hydrogens is 252 g/mol. The Balaban J connectivity index is 1.82. The molecule has 7 heteroatoms. The molecule has 18 heavy (non-hydrogen) atoms. The van der Waals surface area contributed by atoms with Gasteiger partial charge in [-0.15, -0.1) is 11.3 Å². The van der Waals surface area contributed by atoms with Gasteiger partial charge in [-0.2, -0.15) is 0 Å². The summed E-state index contributed by atoms with van der Waals surface area (Å²) in [6, 6.07) is 0. The number of thiazole rings is 1. The van der Waals surface area contributed by atoms with Crippen molar-refractivity contribution >= 4 is 23.1 Å². The van der Waals surface area contributed by atoms with Crippen molar-refractivity contribution in [3.8, 4) is 0 Å². The number of rotatable bonds is 5. The van der Waals surface area contributed by atoms with Crippen LogP contribution in [-0.4, -0.2) is 28.5 Å². The van der Waals surface area contributed by atoms with Crippen LogP contribution in [0.1, 0.15) is 23.5 Å². The summed E-state index contributed by atoms with van der Waals surface area (Å²) in [5.74, 6) is -0.156. The number of hydrogen-bond donors (Lipinski definition) is 3. The molecule has 0 saturated heterocycles. The van der Waals surface area contributed by atoms with E-state index in [0.717, 1.165) is 10.7 Å². The zero-order valence-electron chi connectivity index (χ0n) is 10.1. The van der Waals surface area contributed by atoms with Gasteiger partial charge < -0.3 is 16.3 Å². The molecule has 0 bridgehead atoms. The maximum Gasteiger partial charge on any atom is 0.233 e. The summed E-state index contributed by atoms with van der Waals surface area (Å²) in [6.45, 7) is 2.46. The van der Waals surface area contributed by atoms with E-state index in [-0.39, 0.29) is 11.7 Å². The third kappa shape index (κ3) is 2.45. The zero-order chi connectivity index (χ0) is 13.2. The molecule has 0 atom stereocenters. The largest absolute Gasteiger partial charge is 0.409 e. The summed E-state index contributed by atoms with van der Waals surface area (Å²) >= 11 is 1.58. The van der Waals surface area contributed by atoms with Gasteiger partial charge in [-0.05, 0) is 19.8 Å². The van der Waals surface area contributed by atoms with Gasteiger partial charge in [0.2, 0.25) is 5.91 Å². The molecule has 0 aromatic carbocycles. The van der Waals surface area contributed by atoms with Crippen LogP contribution in [0.4, 0.5) is 0 Å². The summed E-state index contributed by atoms with van der Waals surface area (Å²) in [5, 5.41) is 17.4. The first-order valence-electron chi connectivity index (χ1n) is 5.76. The number of carbonyl (C=O) groups is 1. The average Bonchev–Trinajstić information content (AvgIpc) is 3.07. The van der Waals surface area contributed by atoms with Gasteiger partial charge in [0.25, 0.3) is 0 Å². The zero-order valence-corrected chi connectivity index (χ0v) is 11.0. The smallest absolute Gasteiger partial charge is 0.233 e. The van der Waals surface area contributed by atoms with Crippen molar-refractivity contribution in [1.82, 2.24) is 10.3 Å². The lowest BCUT2D eigenvalue weighted by molar-refractivity contribution is -0.124. The van der Waals surface area contributed by atoms with E-state index >= 15 is 0 Å². The van der Waals surface area contributed by atoms with Crippen molar-refractivity contribution in [2.75, 3.05) is 6.54 Å². The Labute approximate surface area is 109 Å². The number of nitrogens with two attached hydrogens (primary N) is 1. The van der Waals surface area contributed by atoms with E-state index in [0.29, 0.717) is 25.8 Å². The molecule has 1 saturated carbocycles. The maximum absolute atomic E-state index is 11.9. The third-order valence-electron chi connectivity index (χ3n) is 3.07. The molecule has 1 aromatic heterocycles. The molecule has 1 aliphatic carbocycles. The van der Waals surface area contributed by atoms with Gasteiger partial charge in [-0.25, -0.2) is 4.98 Å². The van der Waals surface area contributed by atoms with Crippen LogP contribution in [0.15, 0.2) is 10.5 Å². The molecule has 6 nitrogen and oxygen atoms in total. The summed E-state index contributed by atoms with van der Waals surface area (Å²) in [6.07, 6.45) is 1.99. The van der Waals surface area contributed by atoms with Gasteiger partial charge in [-0.1, -0.05) is 5.16 Å². The fourth-order valence-corrected chi connectivity index (χ4v) is 2.57. The Morgan fingerprint density at radius 2 is 2.44 bits per heavy atom. The fraction of sp³-hybridized carbons (Fsp3) is 0.545. The average molecular weight is 268 g/mol. The fourth-order valence-electron chi connectivity index (χ4n) is 1.79. The second kappa shape index (κ2) is 4.93. The van der Waals surface area contributed by atoms with E-state index in [1.54, 1.807) is 11.3 Å². The van der Waals surface area contributed by atoms with Gasteiger partial charge in [0.15, 0.2) is 5.84 Å². The number of carbonyl (C=O) groups excluding carboxylic acids is 1. The monoisotopic (exact) mass is 268 g/mol. The predicted molar refractivity (Wildman–Crippen MR) is 68.6 cm³/mol. The lowest BCUT2D eigenvalue weighted by atomic mass is 10.1. The highest BCUT2D eigenvalue weighted by atomic mass is 32.1. The first-order chi connectivity index (χ1) is 8.58. The number of aromatic nitrogens is 1. The second-order valence-electron chi connectivity index (χ2n) is 4.46. The normalized spacial score (nSPS) is 17.5. The van der Waals surface area contributed by atoms with Crippen molar-refractivity contribution in [2.24, 2.45) is 16.3 Å². The molecule has 4 N–H and O–H groups in total. The van der Waals surface area contributed by atoms with Crippen molar-refractivity contribution in [1.29, 1.82) is 0 Å². The Morgan fingerprint density at radius 1 is 1.72 bits per heavy atom. The number of amides is 1. The number of hydrogen-bond acceptors (Lipinski definition) is 5. The summed E-state index contributed by atoms with van der Waals surface area (Å²) < 4.78 is 0. The van der Waals surface area contributed by atoms with Crippen LogP contribution in [0.2, 0.25) is 0 Å². The number of aryl methyl sites for hydroxylation is 1. The Hall–Kier alpha value is -1.63. The number of oxime groups is 1. The van der Waals surface area contributed by atoms with Crippen LogP contribution in [-0.2, 0) is 11.2 Å². The van der Waals surface area contributed by atoms with E-state index in [2.05, 4.69) is 15.5 Å². The van der Waals surface area contributed by atoms with E-state index < -0.39 is 5.41 Å². The lowest BCUT2D eigenvalue weighted by Crippen LogP contribution is -2.41. The summed E-state index contributed by atoms with van der Waals surface area (Å²) in [4.78, 5) is 16.2. The van der Waals surface area contributed by atoms with Crippen LogP contribution < -0.4 is 11.1 Å². The summed E-state index contributed by atoms with van der Waals surface area (Å²) in [5.41, 5.74) is 5.76. The predicted octanol–water partition coefficient (Wildman–Crippen LogP) is 0.637. The molecule has 0 aliphatic heterocycles. The minimum absolute atomic E-state index is 0.00472. The molecule has 0 radical (unpaired) electrons.